The first kappa shape index (κ1) is 14.5. The molecule has 0 saturated carbocycles. The van der Waals surface area contributed by atoms with E-state index in [1.807, 2.05) is 12.1 Å². The smallest absolute Gasteiger partial charge is 0.255 e. The van der Waals surface area contributed by atoms with Crippen LogP contribution in [0.1, 0.15) is 21.5 Å². The molecule has 1 N–H and O–H groups in total. The third-order valence-electron chi connectivity index (χ3n) is 3.90. The average Bonchev–Trinajstić information content (AvgIpc) is 2.55. The van der Waals surface area contributed by atoms with E-state index < -0.39 is 0 Å². The molecule has 22 heavy (non-hydrogen) atoms. The Morgan fingerprint density at radius 3 is 2.77 bits per heavy atom. The average molecular weight is 298 g/mol. The summed E-state index contributed by atoms with van der Waals surface area (Å²) in [6, 6.07) is 11.1. The Kier molecular flexibility index (Phi) is 4.06. The molecular weight excluding hydrogens is 280 g/mol. The number of carbonyl (C=O) groups excluding carboxylic acids is 1. The van der Waals surface area contributed by atoms with E-state index in [4.69, 9.17) is 4.74 Å². The number of hydrogen-bond donors (Lipinski definition) is 1. The lowest BCUT2D eigenvalue weighted by Crippen LogP contribution is -2.38. The van der Waals surface area contributed by atoms with Gasteiger partial charge in [0.2, 0.25) is 5.56 Å². The van der Waals surface area contributed by atoms with Gasteiger partial charge in [-0.1, -0.05) is 24.3 Å². The first-order chi connectivity index (χ1) is 10.6. The molecule has 114 valence electrons. The van der Waals surface area contributed by atoms with Crippen LogP contribution >= 0.6 is 0 Å². The third kappa shape index (κ3) is 3.09. The summed E-state index contributed by atoms with van der Waals surface area (Å²) < 4.78 is 5.83. The van der Waals surface area contributed by atoms with E-state index in [2.05, 4.69) is 17.1 Å². The number of carbonyl (C=O) groups is 1. The van der Waals surface area contributed by atoms with Crippen molar-refractivity contribution in [2.75, 3.05) is 13.6 Å². The number of likely N-dealkylation sites (N-methyl/N-ethyl adjacent to an activating group) is 1. The number of benzene rings is 1. The van der Waals surface area contributed by atoms with Gasteiger partial charge in [0.1, 0.15) is 0 Å². The second-order valence-electron chi connectivity index (χ2n) is 5.53. The van der Waals surface area contributed by atoms with E-state index in [0.717, 1.165) is 6.42 Å². The molecule has 1 amide bonds. The minimum atomic E-state index is -0.216. The summed E-state index contributed by atoms with van der Waals surface area (Å²) in [5.41, 5.74) is 2.75. The van der Waals surface area contributed by atoms with Gasteiger partial charge in [0.25, 0.3) is 5.91 Å². The molecule has 3 rings (SSSR count). The van der Waals surface area contributed by atoms with Gasteiger partial charge in [0.15, 0.2) is 0 Å². The van der Waals surface area contributed by atoms with Crippen LogP contribution in [0.15, 0.2) is 47.4 Å². The van der Waals surface area contributed by atoms with Crippen molar-refractivity contribution in [2.45, 2.75) is 19.1 Å². The third-order valence-corrected chi connectivity index (χ3v) is 3.90. The Hall–Kier alpha value is -2.40. The first-order valence-electron chi connectivity index (χ1n) is 7.26. The summed E-state index contributed by atoms with van der Waals surface area (Å²) in [6.07, 6.45) is 2.24. The van der Waals surface area contributed by atoms with Crippen molar-refractivity contribution in [1.29, 1.82) is 0 Å². The molecule has 5 heteroatoms. The maximum atomic E-state index is 12.3. The maximum absolute atomic E-state index is 12.3. The van der Waals surface area contributed by atoms with Crippen LogP contribution in [0.25, 0.3) is 0 Å². The molecule has 0 aliphatic carbocycles. The van der Waals surface area contributed by atoms with Crippen molar-refractivity contribution in [3.05, 3.63) is 69.6 Å². The number of fused-ring (bicyclic) bond motifs is 1. The van der Waals surface area contributed by atoms with E-state index in [1.54, 1.807) is 11.9 Å². The molecule has 1 aliphatic heterocycles. The molecule has 5 nitrogen and oxygen atoms in total. The van der Waals surface area contributed by atoms with E-state index in [0.29, 0.717) is 18.7 Å². The monoisotopic (exact) mass is 298 g/mol. The summed E-state index contributed by atoms with van der Waals surface area (Å²) in [5, 5.41) is 0. The zero-order valence-electron chi connectivity index (χ0n) is 12.4. The van der Waals surface area contributed by atoms with Gasteiger partial charge in [0.05, 0.1) is 18.3 Å². The number of amides is 1. The number of aromatic nitrogens is 1. The number of aromatic amines is 1. The van der Waals surface area contributed by atoms with Gasteiger partial charge >= 0.3 is 0 Å². The second kappa shape index (κ2) is 6.15. The lowest BCUT2D eigenvalue weighted by atomic mass is 9.99. The molecule has 0 saturated heterocycles. The summed E-state index contributed by atoms with van der Waals surface area (Å²) in [6.45, 7) is 1.10. The molecule has 2 aromatic rings. The van der Waals surface area contributed by atoms with Crippen molar-refractivity contribution in [3.8, 4) is 0 Å². The van der Waals surface area contributed by atoms with Gasteiger partial charge in [-0.2, -0.15) is 0 Å². The largest absolute Gasteiger partial charge is 0.371 e. The Morgan fingerprint density at radius 2 is 2.05 bits per heavy atom. The normalized spacial score (nSPS) is 16.9. The highest BCUT2D eigenvalue weighted by molar-refractivity contribution is 5.93. The van der Waals surface area contributed by atoms with Crippen molar-refractivity contribution in [2.24, 2.45) is 0 Å². The molecule has 0 unspecified atom stereocenters. The van der Waals surface area contributed by atoms with Crippen molar-refractivity contribution < 1.29 is 9.53 Å². The number of ether oxygens (including phenoxy) is 1. The van der Waals surface area contributed by atoms with Gasteiger partial charge in [0, 0.05) is 32.3 Å². The zero-order valence-corrected chi connectivity index (χ0v) is 12.4. The van der Waals surface area contributed by atoms with E-state index >= 15 is 0 Å². The van der Waals surface area contributed by atoms with Crippen LogP contribution in [0.5, 0.6) is 0 Å². The van der Waals surface area contributed by atoms with Gasteiger partial charge in [-0.15, -0.1) is 0 Å². The fraction of sp³-hybridized carbons (Fsp3) is 0.294. The van der Waals surface area contributed by atoms with Crippen molar-refractivity contribution >= 4 is 5.91 Å². The maximum Gasteiger partial charge on any atom is 0.255 e. The summed E-state index contributed by atoms with van der Waals surface area (Å²) in [7, 11) is 1.75. The van der Waals surface area contributed by atoms with Crippen LogP contribution in [0, 0.1) is 0 Å². The van der Waals surface area contributed by atoms with Crippen molar-refractivity contribution in [3.63, 3.8) is 0 Å². The van der Waals surface area contributed by atoms with Crippen molar-refractivity contribution in [1.82, 2.24) is 9.88 Å². The molecule has 1 aromatic heterocycles. The molecule has 0 radical (unpaired) electrons. The number of rotatable bonds is 3. The SMILES string of the molecule is CN(C[C@H]1Cc2ccccc2CO1)C(=O)c1ccc(=O)[nH]c1. The van der Waals surface area contributed by atoms with E-state index in [1.165, 1.54) is 29.5 Å². The quantitative estimate of drug-likeness (QED) is 0.936. The summed E-state index contributed by atoms with van der Waals surface area (Å²) in [4.78, 5) is 27.5. The van der Waals surface area contributed by atoms with Gasteiger partial charge in [-0.25, -0.2) is 0 Å². The highest BCUT2D eigenvalue weighted by Gasteiger charge is 2.22. The molecular formula is C17H18N2O3. The number of pyridine rings is 1. The van der Waals surface area contributed by atoms with Gasteiger partial charge in [-0.3, -0.25) is 9.59 Å². The number of H-pyrrole nitrogens is 1. The van der Waals surface area contributed by atoms with Crippen LogP contribution in [-0.4, -0.2) is 35.5 Å². The molecule has 1 aliphatic rings. The van der Waals surface area contributed by atoms with E-state index in [9.17, 15) is 9.59 Å². The topological polar surface area (TPSA) is 62.4 Å². The zero-order chi connectivity index (χ0) is 15.5. The lowest BCUT2D eigenvalue weighted by molar-refractivity contribution is 0.00984. The van der Waals surface area contributed by atoms with Crippen LogP contribution in [0.4, 0.5) is 0 Å². The molecule has 0 spiro atoms. The molecule has 0 fully saturated rings. The van der Waals surface area contributed by atoms with Gasteiger partial charge < -0.3 is 14.6 Å². The molecule has 0 bridgehead atoms. The number of nitrogens with zero attached hydrogens (tertiary/aromatic N) is 1. The van der Waals surface area contributed by atoms with Crippen LogP contribution in [0.2, 0.25) is 0 Å². The summed E-state index contributed by atoms with van der Waals surface area (Å²) >= 11 is 0. The lowest BCUT2D eigenvalue weighted by Gasteiger charge is -2.29. The molecule has 1 aromatic carbocycles. The standard InChI is InChI=1S/C17H18N2O3/c1-19(17(21)13-6-7-16(20)18-9-13)10-15-8-12-4-2-3-5-14(12)11-22-15/h2-7,9,15H,8,10-11H2,1H3,(H,18,20)/t15-/m1/s1. The van der Waals surface area contributed by atoms with E-state index in [-0.39, 0.29) is 17.6 Å². The van der Waals surface area contributed by atoms with Crippen LogP contribution < -0.4 is 5.56 Å². The highest BCUT2D eigenvalue weighted by atomic mass is 16.5. The van der Waals surface area contributed by atoms with Crippen LogP contribution in [-0.2, 0) is 17.8 Å². The number of nitrogens with one attached hydrogen (secondary N) is 1. The first-order valence-corrected chi connectivity index (χ1v) is 7.26. The number of hydrogen-bond acceptors (Lipinski definition) is 3. The summed E-state index contributed by atoms with van der Waals surface area (Å²) in [5.74, 6) is -0.126. The predicted octanol–water partition coefficient (Wildman–Crippen LogP) is 1.59. The minimum absolute atomic E-state index is 0.00777. The molecule has 2 heterocycles. The Morgan fingerprint density at radius 1 is 1.27 bits per heavy atom. The highest BCUT2D eigenvalue weighted by Crippen LogP contribution is 2.20. The minimum Gasteiger partial charge on any atom is -0.371 e. The fourth-order valence-corrected chi connectivity index (χ4v) is 2.68. The van der Waals surface area contributed by atoms with Crippen LogP contribution in [0.3, 0.4) is 0 Å². The molecule has 1 atom stereocenters. The second-order valence-corrected chi connectivity index (χ2v) is 5.53. The Labute approximate surface area is 128 Å². The van der Waals surface area contributed by atoms with Gasteiger partial charge in [-0.05, 0) is 17.2 Å². The predicted molar refractivity (Wildman–Crippen MR) is 82.7 cm³/mol. The Balaban J connectivity index is 1.65. The Bertz CT molecular complexity index is 718. The fourth-order valence-electron chi connectivity index (χ4n) is 2.68.